The highest BCUT2D eigenvalue weighted by molar-refractivity contribution is 9.09. The highest BCUT2D eigenvalue weighted by Crippen LogP contribution is 2.46. The van der Waals surface area contributed by atoms with Crippen molar-refractivity contribution in [3.63, 3.8) is 0 Å². The van der Waals surface area contributed by atoms with E-state index in [1.165, 1.54) is 82.8 Å². The van der Waals surface area contributed by atoms with Gasteiger partial charge in [-0.2, -0.15) is 0 Å². The monoisotopic (exact) mass is 287 g/mol. The van der Waals surface area contributed by atoms with Crippen LogP contribution in [-0.4, -0.2) is 29.9 Å². The van der Waals surface area contributed by atoms with Gasteiger partial charge < -0.3 is 4.90 Å². The Hall–Kier alpha value is 0.440. The van der Waals surface area contributed by atoms with Crippen LogP contribution in [0, 0.1) is 5.41 Å². The third-order valence-electron chi connectivity index (χ3n) is 4.69. The number of piperidine rings is 1. The second-order valence-electron chi connectivity index (χ2n) is 5.80. The minimum Gasteiger partial charge on any atom is -0.303 e. The lowest BCUT2D eigenvalue weighted by atomic mass is 9.77. The molecule has 2 aliphatic rings. The maximum atomic E-state index is 3.50. The predicted molar refractivity (Wildman–Crippen MR) is 74.2 cm³/mol. The van der Waals surface area contributed by atoms with Crippen LogP contribution in [0.15, 0.2) is 0 Å². The van der Waals surface area contributed by atoms with Crippen molar-refractivity contribution in [2.24, 2.45) is 5.41 Å². The summed E-state index contributed by atoms with van der Waals surface area (Å²) in [7, 11) is 0. The lowest BCUT2D eigenvalue weighted by Gasteiger charge is -2.39. The molecule has 0 amide bonds. The minimum atomic E-state index is 0.798. The molecule has 0 bridgehead atoms. The molecule has 0 aromatic rings. The lowest BCUT2D eigenvalue weighted by Crippen LogP contribution is -2.39. The summed E-state index contributed by atoms with van der Waals surface area (Å²) < 4.78 is 0. The van der Waals surface area contributed by atoms with Crippen molar-refractivity contribution in [2.45, 2.75) is 57.8 Å². The Kier molecular flexibility index (Phi) is 5.15. The van der Waals surface area contributed by atoms with E-state index in [1.807, 2.05) is 0 Å². The number of alkyl halides is 1. The first kappa shape index (κ1) is 12.9. The van der Waals surface area contributed by atoms with Crippen molar-refractivity contribution in [2.75, 3.05) is 25.0 Å². The molecule has 1 saturated heterocycles. The third kappa shape index (κ3) is 3.46. The Bertz CT molecular complexity index is 189. The van der Waals surface area contributed by atoms with Crippen LogP contribution in [-0.2, 0) is 0 Å². The fourth-order valence-electron chi connectivity index (χ4n) is 3.48. The molecule has 94 valence electrons. The van der Waals surface area contributed by atoms with Gasteiger partial charge in [-0.3, -0.25) is 0 Å². The molecule has 1 aliphatic carbocycles. The standard InChI is InChI=1S/C14H26BrN/c15-10-4-1-5-11-16-12-8-14(9-13-16)6-2-3-7-14/h1-13H2. The topological polar surface area (TPSA) is 3.24 Å². The van der Waals surface area contributed by atoms with E-state index in [4.69, 9.17) is 0 Å². The zero-order valence-electron chi connectivity index (χ0n) is 10.5. The van der Waals surface area contributed by atoms with Gasteiger partial charge in [0, 0.05) is 5.33 Å². The average molecular weight is 288 g/mol. The quantitative estimate of drug-likeness (QED) is 0.541. The minimum absolute atomic E-state index is 0.798. The molecule has 0 aromatic carbocycles. The van der Waals surface area contributed by atoms with Gasteiger partial charge in [-0.05, 0) is 63.6 Å². The Labute approximate surface area is 109 Å². The van der Waals surface area contributed by atoms with Crippen molar-refractivity contribution < 1.29 is 0 Å². The maximum absolute atomic E-state index is 3.50. The van der Waals surface area contributed by atoms with Gasteiger partial charge in [0.2, 0.25) is 0 Å². The normalized spacial score (nSPS) is 25.3. The summed E-state index contributed by atoms with van der Waals surface area (Å²) in [6.07, 6.45) is 13.2. The Morgan fingerprint density at radius 2 is 1.56 bits per heavy atom. The molecule has 0 unspecified atom stereocenters. The Balaban J connectivity index is 1.61. The van der Waals surface area contributed by atoms with Gasteiger partial charge in [0.15, 0.2) is 0 Å². The predicted octanol–water partition coefficient (Wildman–Crippen LogP) is 4.21. The third-order valence-corrected chi connectivity index (χ3v) is 5.25. The number of nitrogens with zero attached hydrogens (tertiary/aromatic N) is 1. The van der Waals surface area contributed by atoms with E-state index < -0.39 is 0 Å². The Morgan fingerprint density at radius 1 is 0.875 bits per heavy atom. The molecule has 2 rings (SSSR count). The molecule has 0 N–H and O–H groups in total. The summed E-state index contributed by atoms with van der Waals surface area (Å²) in [6.45, 7) is 4.12. The van der Waals surface area contributed by atoms with E-state index in [0.29, 0.717) is 0 Å². The molecule has 1 aliphatic heterocycles. The first-order valence-corrected chi connectivity index (χ1v) is 8.25. The smallest absolute Gasteiger partial charge is 0.00313 e. The van der Waals surface area contributed by atoms with Gasteiger partial charge in [0.25, 0.3) is 0 Å². The van der Waals surface area contributed by atoms with Crippen molar-refractivity contribution in [3.05, 3.63) is 0 Å². The molecular weight excluding hydrogens is 262 g/mol. The summed E-state index contributed by atoms with van der Waals surface area (Å²) in [5.41, 5.74) is 0.798. The molecular formula is C14H26BrN. The van der Waals surface area contributed by atoms with Gasteiger partial charge in [-0.1, -0.05) is 35.2 Å². The summed E-state index contributed by atoms with van der Waals surface area (Å²) >= 11 is 3.50. The largest absolute Gasteiger partial charge is 0.303 e. The van der Waals surface area contributed by atoms with Crippen molar-refractivity contribution in [1.29, 1.82) is 0 Å². The average Bonchev–Trinajstić information content (AvgIpc) is 2.76. The van der Waals surface area contributed by atoms with Crippen LogP contribution < -0.4 is 0 Å². The van der Waals surface area contributed by atoms with Crippen molar-refractivity contribution in [1.82, 2.24) is 4.90 Å². The van der Waals surface area contributed by atoms with Crippen LogP contribution in [0.4, 0.5) is 0 Å². The second kappa shape index (κ2) is 6.39. The number of hydrogen-bond donors (Lipinski definition) is 0. The van der Waals surface area contributed by atoms with Crippen LogP contribution in [0.5, 0.6) is 0 Å². The number of halogens is 1. The van der Waals surface area contributed by atoms with Gasteiger partial charge in [-0.15, -0.1) is 0 Å². The van der Waals surface area contributed by atoms with Crippen LogP contribution in [0.2, 0.25) is 0 Å². The molecule has 1 saturated carbocycles. The first-order chi connectivity index (χ1) is 7.85. The lowest BCUT2D eigenvalue weighted by molar-refractivity contribution is 0.107. The maximum Gasteiger partial charge on any atom is 0.00313 e. The molecule has 0 aromatic heterocycles. The van der Waals surface area contributed by atoms with Crippen LogP contribution in [0.1, 0.15) is 57.8 Å². The molecule has 0 atom stereocenters. The van der Waals surface area contributed by atoms with E-state index in [0.717, 1.165) is 5.41 Å². The summed E-state index contributed by atoms with van der Waals surface area (Å²) in [5, 5.41) is 1.18. The van der Waals surface area contributed by atoms with Crippen molar-refractivity contribution in [3.8, 4) is 0 Å². The summed E-state index contributed by atoms with van der Waals surface area (Å²) in [6, 6.07) is 0. The van der Waals surface area contributed by atoms with Gasteiger partial charge >= 0.3 is 0 Å². The van der Waals surface area contributed by atoms with E-state index in [9.17, 15) is 0 Å². The van der Waals surface area contributed by atoms with E-state index in [-0.39, 0.29) is 0 Å². The Morgan fingerprint density at radius 3 is 2.19 bits per heavy atom. The number of hydrogen-bond acceptors (Lipinski definition) is 1. The summed E-state index contributed by atoms with van der Waals surface area (Å²) in [4.78, 5) is 2.71. The number of unbranched alkanes of at least 4 members (excludes halogenated alkanes) is 2. The molecule has 0 radical (unpaired) electrons. The van der Waals surface area contributed by atoms with Gasteiger partial charge in [-0.25, -0.2) is 0 Å². The van der Waals surface area contributed by atoms with E-state index in [1.54, 1.807) is 0 Å². The molecule has 1 heterocycles. The fraction of sp³-hybridized carbons (Fsp3) is 1.00. The summed E-state index contributed by atoms with van der Waals surface area (Å²) in [5.74, 6) is 0. The molecule has 16 heavy (non-hydrogen) atoms. The SMILES string of the molecule is BrCCCCCN1CCC2(CCCC2)CC1. The number of likely N-dealkylation sites (tertiary alicyclic amines) is 1. The van der Waals surface area contributed by atoms with Gasteiger partial charge in [0.05, 0.1) is 0 Å². The molecule has 2 fully saturated rings. The van der Waals surface area contributed by atoms with Crippen molar-refractivity contribution >= 4 is 15.9 Å². The fourth-order valence-corrected chi connectivity index (χ4v) is 3.88. The molecule has 1 spiro atoms. The second-order valence-corrected chi connectivity index (χ2v) is 6.59. The van der Waals surface area contributed by atoms with E-state index >= 15 is 0 Å². The highest BCUT2D eigenvalue weighted by atomic mass is 79.9. The zero-order valence-corrected chi connectivity index (χ0v) is 12.1. The first-order valence-electron chi connectivity index (χ1n) is 7.13. The molecule has 1 nitrogen and oxygen atoms in total. The number of rotatable bonds is 5. The highest BCUT2D eigenvalue weighted by Gasteiger charge is 2.36. The molecule has 2 heteroatoms. The van der Waals surface area contributed by atoms with Crippen LogP contribution in [0.25, 0.3) is 0 Å². The van der Waals surface area contributed by atoms with Crippen LogP contribution in [0.3, 0.4) is 0 Å². The van der Waals surface area contributed by atoms with Crippen LogP contribution >= 0.6 is 15.9 Å². The zero-order chi connectivity index (χ0) is 11.3. The van der Waals surface area contributed by atoms with E-state index in [2.05, 4.69) is 20.8 Å². The van der Waals surface area contributed by atoms with Gasteiger partial charge in [0.1, 0.15) is 0 Å².